The van der Waals surface area contributed by atoms with Gasteiger partial charge in [-0.05, 0) is 18.2 Å². The van der Waals surface area contributed by atoms with Crippen LogP contribution in [0, 0.1) is 0 Å². The summed E-state index contributed by atoms with van der Waals surface area (Å²) >= 11 is 0. The third-order valence-electron chi connectivity index (χ3n) is 2.26. The van der Waals surface area contributed by atoms with Gasteiger partial charge in [0.25, 0.3) is 0 Å². The first-order valence-electron chi connectivity index (χ1n) is 4.72. The van der Waals surface area contributed by atoms with E-state index in [9.17, 15) is 18.0 Å². The van der Waals surface area contributed by atoms with Gasteiger partial charge >= 0.3 is 6.18 Å². The van der Waals surface area contributed by atoms with E-state index in [1.165, 1.54) is 18.6 Å². The number of benzene rings is 1. The molecule has 0 N–H and O–H groups in total. The monoisotopic (exact) mass is 240 g/mol. The van der Waals surface area contributed by atoms with Crippen molar-refractivity contribution in [2.45, 2.75) is 6.18 Å². The van der Waals surface area contributed by atoms with Crippen molar-refractivity contribution in [2.75, 3.05) is 0 Å². The molecule has 0 bridgehead atoms. The summed E-state index contributed by atoms with van der Waals surface area (Å²) in [5.74, 6) is -0.368. The first-order chi connectivity index (χ1) is 7.98. The lowest BCUT2D eigenvalue weighted by atomic mass is 10.0. The molecule has 17 heavy (non-hydrogen) atoms. The van der Waals surface area contributed by atoms with E-state index in [0.29, 0.717) is 5.56 Å². The third kappa shape index (κ3) is 2.38. The Morgan fingerprint density at radius 2 is 1.65 bits per heavy atom. The summed E-state index contributed by atoms with van der Waals surface area (Å²) in [4.78, 5) is 11.7. The number of furan rings is 1. The maximum atomic E-state index is 12.3. The number of alkyl halides is 3. The number of carbonyl (C=O) groups excluding carboxylic acids is 1. The van der Waals surface area contributed by atoms with Gasteiger partial charge in [0.1, 0.15) is 6.26 Å². The van der Waals surface area contributed by atoms with Crippen molar-refractivity contribution < 1.29 is 22.4 Å². The minimum atomic E-state index is -4.39. The van der Waals surface area contributed by atoms with Crippen LogP contribution in [0.15, 0.2) is 47.3 Å². The van der Waals surface area contributed by atoms with Crippen molar-refractivity contribution in [1.29, 1.82) is 0 Å². The molecule has 0 radical (unpaired) electrons. The fourth-order valence-electron chi connectivity index (χ4n) is 1.37. The molecule has 0 saturated carbocycles. The first kappa shape index (κ1) is 11.4. The second-order valence-corrected chi connectivity index (χ2v) is 3.42. The van der Waals surface area contributed by atoms with Crippen molar-refractivity contribution in [2.24, 2.45) is 0 Å². The fraction of sp³-hybridized carbons (Fsp3) is 0.0833. The minimum Gasteiger partial charge on any atom is -0.472 e. The van der Waals surface area contributed by atoms with Gasteiger partial charge in [0.2, 0.25) is 0 Å². The molecule has 0 atom stereocenters. The minimum absolute atomic E-state index is 0.194. The quantitative estimate of drug-likeness (QED) is 0.751. The Kier molecular flexibility index (Phi) is 2.75. The molecule has 0 aliphatic heterocycles. The molecule has 88 valence electrons. The van der Waals surface area contributed by atoms with E-state index in [4.69, 9.17) is 4.42 Å². The molecule has 2 aromatic rings. The standard InChI is InChI=1S/C12H7F3O2/c13-12(14,15)10-3-1-8(2-4-10)11(16)9-5-6-17-7-9/h1-7H. The lowest BCUT2D eigenvalue weighted by Gasteiger charge is -2.06. The SMILES string of the molecule is O=C(c1ccc(C(F)(F)F)cc1)c1ccoc1. The third-order valence-corrected chi connectivity index (χ3v) is 2.26. The Morgan fingerprint density at radius 3 is 2.12 bits per heavy atom. The number of halogens is 3. The highest BCUT2D eigenvalue weighted by atomic mass is 19.4. The molecule has 1 heterocycles. The van der Waals surface area contributed by atoms with Crippen LogP contribution >= 0.6 is 0 Å². The van der Waals surface area contributed by atoms with Crippen molar-refractivity contribution >= 4 is 5.78 Å². The molecule has 2 nitrogen and oxygen atoms in total. The molecule has 1 aromatic heterocycles. The first-order valence-corrected chi connectivity index (χ1v) is 4.72. The summed E-state index contributed by atoms with van der Waals surface area (Å²) in [7, 11) is 0. The predicted molar refractivity (Wildman–Crippen MR) is 53.6 cm³/mol. The number of hydrogen-bond acceptors (Lipinski definition) is 2. The molecule has 2 rings (SSSR count). The van der Waals surface area contributed by atoms with Crippen molar-refractivity contribution in [3.05, 3.63) is 59.5 Å². The highest BCUT2D eigenvalue weighted by molar-refractivity contribution is 6.08. The molecule has 5 heteroatoms. The van der Waals surface area contributed by atoms with Crippen LogP contribution in [0.5, 0.6) is 0 Å². The molecule has 0 spiro atoms. The largest absolute Gasteiger partial charge is 0.472 e. The molecular formula is C12H7F3O2. The van der Waals surface area contributed by atoms with Gasteiger partial charge in [-0.3, -0.25) is 4.79 Å². The van der Waals surface area contributed by atoms with E-state index in [1.807, 2.05) is 0 Å². The number of carbonyl (C=O) groups is 1. The summed E-state index contributed by atoms with van der Waals surface area (Å²) < 4.78 is 41.6. The van der Waals surface area contributed by atoms with Crippen LogP contribution in [-0.2, 0) is 6.18 Å². The van der Waals surface area contributed by atoms with E-state index >= 15 is 0 Å². The normalized spacial score (nSPS) is 11.5. The topological polar surface area (TPSA) is 30.2 Å². The van der Waals surface area contributed by atoms with Gasteiger partial charge in [-0.1, -0.05) is 12.1 Å². The van der Waals surface area contributed by atoms with Crippen LogP contribution in [0.4, 0.5) is 13.2 Å². The summed E-state index contributed by atoms with van der Waals surface area (Å²) in [6.45, 7) is 0. The fourth-order valence-corrected chi connectivity index (χ4v) is 1.37. The molecule has 0 aliphatic rings. The Morgan fingerprint density at radius 1 is 1.00 bits per heavy atom. The van der Waals surface area contributed by atoms with Crippen LogP contribution < -0.4 is 0 Å². The zero-order chi connectivity index (χ0) is 12.5. The van der Waals surface area contributed by atoms with Gasteiger partial charge in [0.15, 0.2) is 5.78 Å². The van der Waals surface area contributed by atoms with Crippen LogP contribution in [-0.4, -0.2) is 5.78 Å². The maximum Gasteiger partial charge on any atom is 0.416 e. The molecule has 1 aromatic carbocycles. The van der Waals surface area contributed by atoms with Gasteiger partial charge in [0, 0.05) is 5.56 Å². The highest BCUT2D eigenvalue weighted by Gasteiger charge is 2.30. The van der Waals surface area contributed by atoms with Crippen LogP contribution in [0.25, 0.3) is 0 Å². The van der Waals surface area contributed by atoms with Gasteiger partial charge < -0.3 is 4.42 Å². The predicted octanol–water partition coefficient (Wildman–Crippen LogP) is 3.53. The lowest BCUT2D eigenvalue weighted by molar-refractivity contribution is -0.137. The highest BCUT2D eigenvalue weighted by Crippen LogP contribution is 2.29. The van der Waals surface area contributed by atoms with E-state index < -0.39 is 11.7 Å². The van der Waals surface area contributed by atoms with E-state index in [-0.39, 0.29) is 11.3 Å². The Bertz CT molecular complexity index is 510. The second kappa shape index (κ2) is 4.08. The van der Waals surface area contributed by atoms with Gasteiger partial charge in [0.05, 0.1) is 17.4 Å². The summed E-state index contributed by atoms with van der Waals surface area (Å²) in [6.07, 6.45) is -1.81. The Hall–Kier alpha value is -2.04. The molecule has 0 saturated heterocycles. The molecule has 0 unspecified atom stereocenters. The van der Waals surface area contributed by atoms with Crippen molar-refractivity contribution in [1.82, 2.24) is 0 Å². The van der Waals surface area contributed by atoms with E-state index in [0.717, 1.165) is 24.3 Å². The smallest absolute Gasteiger partial charge is 0.416 e. The molecule has 0 aliphatic carbocycles. The van der Waals surface area contributed by atoms with Gasteiger partial charge in [-0.2, -0.15) is 13.2 Å². The van der Waals surface area contributed by atoms with Crippen molar-refractivity contribution in [3.63, 3.8) is 0 Å². The number of hydrogen-bond donors (Lipinski definition) is 0. The second-order valence-electron chi connectivity index (χ2n) is 3.42. The van der Waals surface area contributed by atoms with Crippen LogP contribution in [0.2, 0.25) is 0 Å². The summed E-state index contributed by atoms with van der Waals surface area (Å²) in [5.41, 5.74) is -0.273. The van der Waals surface area contributed by atoms with Crippen LogP contribution in [0.3, 0.4) is 0 Å². The summed E-state index contributed by atoms with van der Waals surface area (Å²) in [6, 6.07) is 5.52. The molecule has 0 amide bonds. The lowest BCUT2D eigenvalue weighted by Crippen LogP contribution is -2.06. The Balaban J connectivity index is 2.28. The van der Waals surface area contributed by atoms with Gasteiger partial charge in [-0.15, -0.1) is 0 Å². The molecule has 0 fully saturated rings. The number of ketones is 1. The van der Waals surface area contributed by atoms with Crippen LogP contribution in [0.1, 0.15) is 21.5 Å². The average Bonchev–Trinajstić information content (AvgIpc) is 2.80. The maximum absolute atomic E-state index is 12.3. The zero-order valence-electron chi connectivity index (χ0n) is 8.49. The summed E-state index contributed by atoms with van der Waals surface area (Å²) in [5, 5.41) is 0. The Labute approximate surface area is 94.7 Å². The van der Waals surface area contributed by atoms with E-state index in [2.05, 4.69) is 0 Å². The number of rotatable bonds is 2. The van der Waals surface area contributed by atoms with Gasteiger partial charge in [-0.25, -0.2) is 0 Å². The average molecular weight is 240 g/mol. The van der Waals surface area contributed by atoms with Crippen molar-refractivity contribution in [3.8, 4) is 0 Å². The molecular weight excluding hydrogens is 233 g/mol. The van der Waals surface area contributed by atoms with E-state index in [1.54, 1.807) is 0 Å². The zero-order valence-corrected chi connectivity index (χ0v) is 8.49.